The van der Waals surface area contributed by atoms with E-state index in [1.807, 2.05) is 4.90 Å². The van der Waals surface area contributed by atoms with E-state index in [4.69, 9.17) is 4.74 Å². The molecular weight excluding hydrogens is 393 g/mol. The summed E-state index contributed by atoms with van der Waals surface area (Å²) in [5.74, 6) is -0.192. The zero-order valence-corrected chi connectivity index (χ0v) is 15.0. The fourth-order valence-corrected chi connectivity index (χ4v) is 3.35. The molecule has 152 valence electrons. The second kappa shape index (κ2) is 7.55. The van der Waals surface area contributed by atoms with E-state index in [0.29, 0.717) is 28.8 Å². The van der Waals surface area contributed by atoms with Crippen molar-refractivity contribution < 1.29 is 26.7 Å². The fraction of sp³-hybridized carbons (Fsp3) is 0.300. The van der Waals surface area contributed by atoms with Gasteiger partial charge in [0.2, 0.25) is 0 Å². The van der Waals surface area contributed by atoms with Gasteiger partial charge in [-0.15, -0.1) is 0 Å². The monoisotopic (exact) mass is 409 g/mol. The van der Waals surface area contributed by atoms with Crippen molar-refractivity contribution in [2.24, 2.45) is 0 Å². The van der Waals surface area contributed by atoms with Gasteiger partial charge in [0.25, 0.3) is 6.43 Å². The molecule has 1 atom stereocenters. The number of anilines is 1. The van der Waals surface area contributed by atoms with Crippen molar-refractivity contribution >= 4 is 16.7 Å². The Balaban J connectivity index is 1.65. The quantitative estimate of drug-likeness (QED) is 0.560. The normalized spacial score (nSPS) is 17.9. The minimum absolute atomic E-state index is 0.273. The van der Waals surface area contributed by atoms with Crippen LogP contribution >= 0.6 is 0 Å². The standard InChI is InChI=1S/C20H16F5N3O/c21-17(22)18-26-15-4-2-1-3-14(15)19(27-18)28-9-10-29-16(11-28)12-5-7-13(8-6-12)20(23,24)25/h1-8,16-17H,9-11H2. The Labute approximate surface area is 162 Å². The summed E-state index contributed by atoms with van der Waals surface area (Å²) >= 11 is 0. The van der Waals surface area contributed by atoms with E-state index in [0.717, 1.165) is 12.1 Å². The van der Waals surface area contributed by atoms with Gasteiger partial charge in [-0.2, -0.15) is 13.2 Å². The molecule has 0 radical (unpaired) electrons. The third-order valence-corrected chi connectivity index (χ3v) is 4.77. The largest absolute Gasteiger partial charge is 0.416 e. The molecule has 1 saturated heterocycles. The van der Waals surface area contributed by atoms with Crippen molar-refractivity contribution in [1.82, 2.24) is 9.97 Å². The summed E-state index contributed by atoms with van der Waals surface area (Å²) in [6, 6.07) is 11.6. The smallest absolute Gasteiger partial charge is 0.370 e. The first-order valence-electron chi connectivity index (χ1n) is 8.91. The number of nitrogens with zero attached hydrogens (tertiary/aromatic N) is 3. The lowest BCUT2D eigenvalue weighted by molar-refractivity contribution is -0.137. The molecule has 0 bridgehead atoms. The average molecular weight is 409 g/mol. The highest BCUT2D eigenvalue weighted by Gasteiger charge is 2.31. The van der Waals surface area contributed by atoms with Gasteiger partial charge in [-0.1, -0.05) is 24.3 Å². The van der Waals surface area contributed by atoms with Crippen molar-refractivity contribution in [2.45, 2.75) is 18.7 Å². The van der Waals surface area contributed by atoms with Crippen LogP contribution in [0.2, 0.25) is 0 Å². The first kappa shape index (κ1) is 19.5. The van der Waals surface area contributed by atoms with Crippen molar-refractivity contribution in [3.63, 3.8) is 0 Å². The molecule has 3 aromatic rings. The van der Waals surface area contributed by atoms with Gasteiger partial charge in [0, 0.05) is 18.5 Å². The summed E-state index contributed by atoms with van der Waals surface area (Å²) < 4.78 is 70.6. The van der Waals surface area contributed by atoms with E-state index in [9.17, 15) is 22.0 Å². The number of benzene rings is 2. The number of para-hydroxylation sites is 1. The Morgan fingerprint density at radius 1 is 1.00 bits per heavy atom. The molecular formula is C20H16F5N3O. The first-order chi connectivity index (χ1) is 13.8. The fourth-order valence-electron chi connectivity index (χ4n) is 3.35. The number of hydrogen-bond donors (Lipinski definition) is 0. The van der Waals surface area contributed by atoms with Crippen LogP contribution in [0, 0.1) is 0 Å². The second-order valence-corrected chi connectivity index (χ2v) is 6.65. The molecule has 0 spiro atoms. The molecule has 4 rings (SSSR count). The molecule has 1 aliphatic rings. The van der Waals surface area contributed by atoms with Gasteiger partial charge in [0.05, 0.1) is 17.7 Å². The van der Waals surface area contributed by atoms with Gasteiger partial charge in [0.15, 0.2) is 5.82 Å². The third kappa shape index (κ3) is 4.00. The maximum Gasteiger partial charge on any atom is 0.416 e. The predicted molar refractivity (Wildman–Crippen MR) is 96.8 cm³/mol. The lowest BCUT2D eigenvalue weighted by Gasteiger charge is -2.34. The van der Waals surface area contributed by atoms with Crippen molar-refractivity contribution in [3.05, 3.63) is 65.5 Å². The summed E-state index contributed by atoms with van der Waals surface area (Å²) in [4.78, 5) is 9.78. The summed E-state index contributed by atoms with van der Waals surface area (Å²) in [6.07, 6.45) is -7.73. The lowest BCUT2D eigenvalue weighted by Crippen LogP contribution is -2.39. The Morgan fingerprint density at radius 2 is 1.72 bits per heavy atom. The predicted octanol–water partition coefficient (Wildman–Crippen LogP) is 5.16. The van der Waals surface area contributed by atoms with Crippen LogP contribution in [0.25, 0.3) is 10.9 Å². The maximum atomic E-state index is 13.3. The van der Waals surface area contributed by atoms with Gasteiger partial charge >= 0.3 is 6.18 Å². The minimum atomic E-state index is -4.41. The van der Waals surface area contributed by atoms with E-state index in [2.05, 4.69) is 9.97 Å². The van der Waals surface area contributed by atoms with Crippen LogP contribution in [0.1, 0.15) is 29.5 Å². The molecule has 9 heteroatoms. The highest BCUT2D eigenvalue weighted by atomic mass is 19.4. The second-order valence-electron chi connectivity index (χ2n) is 6.65. The Morgan fingerprint density at radius 3 is 2.41 bits per heavy atom. The number of ether oxygens (including phenoxy) is 1. The van der Waals surface area contributed by atoms with E-state index in [1.165, 1.54) is 12.1 Å². The molecule has 0 saturated carbocycles. The summed E-state index contributed by atoms with van der Waals surface area (Å²) in [5.41, 5.74) is 0.248. The zero-order valence-electron chi connectivity index (χ0n) is 15.0. The maximum absolute atomic E-state index is 13.3. The van der Waals surface area contributed by atoms with Gasteiger partial charge < -0.3 is 9.64 Å². The molecule has 4 nitrogen and oxygen atoms in total. The van der Waals surface area contributed by atoms with E-state index >= 15 is 0 Å². The molecule has 1 aromatic heterocycles. The average Bonchev–Trinajstić information content (AvgIpc) is 2.72. The number of alkyl halides is 5. The Bertz CT molecular complexity index is 1010. The van der Waals surface area contributed by atoms with Crippen molar-refractivity contribution in [3.8, 4) is 0 Å². The first-order valence-corrected chi connectivity index (χ1v) is 8.91. The van der Waals surface area contributed by atoms with Gasteiger partial charge in [-0.3, -0.25) is 0 Å². The number of rotatable bonds is 3. The Kier molecular flexibility index (Phi) is 5.08. The number of halogens is 5. The van der Waals surface area contributed by atoms with E-state index < -0.39 is 30.1 Å². The van der Waals surface area contributed by atoms with Crippen molar-refractivity contribution in [1.29, 1.82) is 0 Å². The lowest BCUT2D eigenvalue weighted by atomic mass is 10.0. The van der Waals surface area contributed by atoms with Crippen LogP contribution in [0.15, 0.2) is 48.5 Å². The summed E-state index contributed by atoms with van der Waals surface area (Å²) in [6.45, 7) is 0.976. The van der Waals surface area contributed by atoms with Crippen LogP contribution in [-0.4, -0.2) is 29.7 Å². The van der Waals surface area contributed by atoms with Crippen LogP contribution in [0.4, 0.5) is 27.8 Å². The molecule has 0 aliphatic carbocycles. The summed E-state index contributed by atoms with van der Waals surface area (Å²) in [7, 11) is 0. The van der Waals surface area contributed by atoms with E-state index in [-0.39, 0.29) is 13.2 Å². The number of morpholine rings is 1. The highest BCUT2D eigenvalue weighted by molar-refractivity contribution is 5.89. The van der Waals surface area contributed by atoms with E-state index in [1.54, 1.807) is 24.3 Å². The molecule has 2 heterocycles. The van der Waals surface area contributed by atoms with Crippen LogP contribution < -0.4 is 4.90 Å². The topological polar surface area (TPSA) is 38.2 Å². The SMILES string of the molecule is FC(F)c1nc(N2CCOC(c3ccc(C(F)(F)F)cc3)C2)c2ccccc2n1. The Hall–Kier alpha value is -2.81. The summed E-state index contributed by atoms with van der Waals surface area (Å²) in [5, 5.41) is 0.630. The van der Waals surface area contributed by atoms with Gasteiger partial charge in [-0.25, -0.2) is 18.7 Å². The molecule has 0 amide bonds. The zero-order chi connectivity index (χ0) is 20.6. The third-order valence-electron chi connectivity index (χ3n) is 4.77. The van der Waals surface area contributed by atoms with Crippen LogP contribution in [-0.2, 0) is 10.9 Å². The number of aromatic nitrogens is 2. The molecule has 1 aliphatic heterocycles. The molecule has 2 aromatic carbocycles. The number of fused-ring (bicyclic) bond motifs is 1. The molecule has 1 unspecified atom stereocenters. The van der Waals surface area contributed by atoms with Gasteiger partial charge in [0.1, 0.15) is 11.9 Å². The van der Waals surface area contributed by atoms with Crippen LogP contribution in [0.3, 0.4) is 0 Å². The molecule has 1 fully saturated rings. The highest BCUT2D eigenvalue weighted by Crippen LogP contribution is 2.33. The minimum Gasteiger partial charge on any atom is -0.370 e. The molecule has 0 N–H and O–H groups in total. The number of hydrogen-bond acceptors (Lipinski definition) is 4. The van der Waals surface area contributed by atoms with Crippen molar-refractivity contribution in [2.75, 3.05) is 24.6 Å². The van der Waals surface area contributed by atoms with Crippen LogP contribution in [0.5, 0.6) is 0 Å². The van der Waals surface area contributed by atoms with Gasteiger partial charge in [-0.05, 0) is 29.8 Å². The molecule has 29 heavy (non-hydrogen) atoms.